The Balaban J connectivity index is 1.31. The number of benzene rings is 4. The van der Waals surface area contributed by atoms with Gasteiger partial charge in [-0.3, -0.25) is 9.59 Å². The normalized spacial score (nSPS) is 11.5. The standard InChI is InChI=1S/C37H36N2O4/c1-3-42-36(41)19-12-24-43-34-18-11-10-17-32(34)38-35(40)25-27(2)30-20-21-33-31(26-30)22-23-39(33)37(28-13-6-4-7-14-28)29-15-8-5-9-16-29/h4-11,13-18,20-23,25-26,37H,3,12,19,24H2,1-2H3,(H,38,40). The molecule has 1 aromatic heterocycles. The van der Waals surface area contributed by atoms with E-state index in [1.807, 2.05) is 31.2 Å². The summed E-state index contributed by atoms with van der Waals surface area (Å²) in [6.07, 6.45) is 4.56. The Bertz CT molecular complexity index is 1670. The Labute approximate surface area is 252 Å². The van der Waals surface area contributed by atoms with E-state index < -0.39 is 0 Å². The van der Waals surface area contributed by atoms with Crippen molar-refractivity contribution in [3.63, 3.8) is 0 Å². The molecule has 0 unspecified atom stereocenters. The van der Waals surface area contributed by atoms with Crippen LogP contribution in [0.5, 0.6) is 5.75 Å². The molecule has 0 bridgehead atoms. The van der Waals surface area contributed by atoms with Crippen LogP contribution in [0.1, 0.15) is 49.4 Å². The van der Waals surface area contributed by atoms with E-state index in [4.69, 9.17) is 9.47 Å². The summed E-state index contributed by atoms with van der Waals surface area (Å²) in [6.45, 7) is 4.43. The number of hydrogen-bond donors (Lipinski definition) is 1. The summed E-state index contributed by atoms with van der Waals surface area (Å²) in [5, 5.41) is 4.04. The molecule has 6 nitrogen and oxygen atoms in total. The molecule has 1 N–H and O–H groups in total. The summed E-state index contributed by atoms with van der Waals surface area (Å²) in [6, 6.07) is 36.8. The maximum Gasteiger partial charge on any atom is 0.305 e. The number of hydrogen-bond acceptors (Lipinski definition) is 4. The van der Waals surface area contributed by atoms with Gasteiger partial charge in [-0.25, -0.2) is 0 Å². The lowest BCUT2D eigenvalue weighted by atomic mass is 9.98. The Morgan fingerprint density at radius 3 is 2.23 bits per heavy atom. The lowest BCUT2D eigenvalue weighted by Crippen LogP contribution is -2.11. The summed E-state index contributed by atoms with van der Waals surface area (Å²) in [4.78, 5) is 24.6. The molecule has 1 heterocycles. The van der Waals surface area contributed by atoms with E-state index >= 15 is 0 Å². The van der Waals surface area contributed by atoms with Gasteiger partial charge >= 0.3 is 5.97 Å². The van der Waals surface area contributed by atoms with Crippen LogP contribution in [0, 0.1) is 0 Å². The van der Waals surface area contributed by atoms with Crippen LogP contribution in [-0.2, 0) is 14.3 Å². The number of allylic oxidation sites excluding steroid dienone is 1. The molecule has 0 fully saturated rings. The van der Waals surface area contributed by atoms with Gasteiger partial charge < -0.3 is 19.4 Å². The van der Waals surface area contributed by atoms with Gasteiger partial charge in [-0.2, -0.15) is 0 Å². The van der Waals surface area contributed by atoms with Gasteiger partial charge in [-0.15, -0.1) is 0 Å². The van der Waals surface area contributed by atoms with Gasteiger partial charge in [0.15, 0.2) is 0 Å². The second-order valence-electron chi connectivity index (χ2n) is 10.3. The molecule has 5 rings (SSSR count). The van der Waals surface area contributed by atoms with Crippen molar-refractivity contribution in [1.29, 1.82) is 0 Å². The summed E-state index contributed by atoms with van der Waals surface area (Å²) >= 11 is 0. The molecule has 0 aliphatic carbocycles. The van der Waals surface area contributed by atoms with Crippen LogP contribution in [0.2, 0.25) is 0 Å². The fourth-order valence-electron chi connectivity index (χ4n) is 5.20. The molecule has 5 aromatic rings. The lowest BCUT2D eigenvalue weighted by molar-refractivity contribution is -0.143. The van der Waals surface area contributed by atoms with Crippen LogP contribution in [0.15, 0.2) is 121 Å². The van der Waals surface area contributed by atoms with Crippen LogP contribution in [0.3, 0.4) is 0 Å². The fraction of sp³-hybridized carbons (Fsp3) is 0.189. The van der Waals surface area contributed by atoms with Crippen molar-refractivity contribution in [2.75, 3.05) is 18.5 Å². The molecular weight excluding hydrogens is 536 g/mol. The van der Waals surface area contributed by atoms with E-state index in [-0.39, 0.29) is 24.3 Å². The maximum atomic E-state index is 13.0. The van der Waals surface area contributed by atoms with Crippen LogP contribution >= 0.6 is 0 Å². The number of nitrogens with one attached hydrogen (secondary N) is 1. The van der Waals surface area contributed by atoms with E-state index in [1.165, 1.54) is 11.1 Å². The molecule has 43 heavy (non-hydrogen) atoms. The van der Waals surface area contributed by atoms with E-state index in [0.29, 0.717) is 31.1 Å². The van der Waals surface area contributed by atoms with Crippen molar-refractivity contribution in [2.45, 2.75) is 32.7 Å². The number of fused-ring (bicyclic) bond motifs is 1. The van der Waals surface area contributed by atoms with E-state index in [2.05, 4.69) is 88.9 Å². The Morgan fingerprint density at radius 2 is 1.53 bits per heavy atom. The maximum absolute atomic E-state index is 13.0. The van der Waals surface area contributed by atoms with Gasteiger partial charge in [0.2, 0.25) is 5.91 Å². The first-order valence-corrected chi connectivity index (χ1v) is 14.6. The number of esters is 1. The minimum atomic E-state index is -0.244. The molecule has 0 aliphatic heterocycles. The minimum absolute atomic E-state index is 0.0422. The number of rotatable bonds is 12. The van der Waals surface area contributed by atoms with Crippen molar-refractivity contribution in [2.24, 2.45) is 0 Å². The monoisotopic (exact) mass is 572 g/mol. The first-order valence-electron chi connectivity index (χ1n) is 14.6. The number of ether oxygens (including phenoxy) is 2. The smallest absolute Gasteiger partial charge is 0.305 e. The number of carbonyl (C=O) groups is 2. The average molecular weight is 573 g/mol. The van der Waals surface area contributed by atoms with Gasteiger partial charge in [0.05, 0.1) is 24.9 Å². The minimum Gasteiger partial charge on any atom is -0.491 e. The van der Waals surface area contributed by atoms with Crippen LogP contribution in [0.4, 0.5) is 5.69 Å². The second-order valence-corrected chi connectivity index (χ2v) is 10.3. The number of para-hydroxylation sites is 2. The Kier molecular flexibility index (Phi) is 9.70. The quantitative estimate of drug-likeness (QED) is 0.0933. The number of carbonyl (C=O) groups excluding carboxylic acids is 2. The third kappa shape index (κ3) is 7.41. The van der Waals surface area contributed by atoms with Crippen molar-refractivity contribution >= 4 is 34.0 Å². The number of amides is 1. The second kappa shape index (κ2) is 14.2. The molecular formula is C37H36N2O4. The van der Waals surface area contributed by atoms with Gasteiger partial charge in [-0.1, -0.05) is 78.9 Å². The SMILES string of the molecule is CCOC(=O)CCCOc1ccccc1NC(=O)C=C(C)c1ccc2c(ccn2C(c2ccccc2)c2ccccc2)c1. The van der Waals surface area contributed by atoms with Crippen LogP contribution in [0.25, 0.3) is 16.5 Å². The van der Waals surface area contributed by atoms with Gasteiger partial charge in [-0.05, 0) is 72.9 Å². The topological polar surface area (TPSA) is 69.6 Å². The molecule has 0 aliphatic rings. The molecule has 0 saturated carbocycles. The molecule has 1 amide bonds. The third-order valence-corrected chi connectivity index (χ3v) is 7.27. The molecule has 0 atom stereocenters. The van der Waals surface area contributed by atoms with Gasteiger partial charge in [0, 0.05) is 29.6 Å². The van der Waals surface area contributed by atoms with E-state index in [0.717, 1.165) is 22.0 Å². The summed E-state index contributed by atoms with van der Waals surface area (Å²) < 4.78 is 13.1. The lowest BCUT2D eigenvalue weighted by Gasteiger charge is -2.21. The summed E-state index contributed by atoms with van der Waals surface area (Å²) in [5.41, 5.74) is 5.95. The average Bonchev–Trinajstić information content (AvgIpc) is 3.44. The highest BCUT2D eigenvalue weighted by molar-refractivity contribution is 6.05. The van der Waals surface area contributed by atoms with Gasteiger partial charge in [0.25, 0.3) is 0 Å². The first-order chi connectivity index (χ1) is 21.0. The van der Waals surface area contributed by atoms with Gasteiger partial charge in [0.1, 0.15) is 5.75 Å². The van der Waals surface area contributed by atoms with Crippen molar-refractivity contribution in [3.05, 3.63) is 138 Å². The van der Waals surface area contributed by atoms with Crippen LogP contribution in [-0.4, -0.2) is 29.7 Å². The highest BCUT2D eigenvalue weighted by atomic mass is 16.5. The van der Waals surface area contributed by atoms with E-state index in [1.54, 1.807) is 25.1 Å². The van der Waals surface area contributed by atoms with E-state index in [9.17, 15) is 9.59 Å². The molecule has 0 radical (unpaired) electrons. The third-order valence-electron chi connectivity index (χ3n) is 7.27. The summed E-state index contributed by atoms with van der Waals surface area (Å²) in [7, 11) is 0. The molecule has 0 spiro atoms. The molecule has 0 saturated heterocycles. The number of nitrogens with zero attached hydrogens (tertiary/aromatic N) is 1. The highest BCUT2D eigenvalue weighted by Crippen LogP contribution is 2.32. The highest BCUT2D eigenvalue weighted by Gasteiger charge is 2.18. The van der Waals surface area contributed by atoms with Crippen LogP contribution < -0.4 is 10.1 Å². The zero-order chi connectivity index (χ0) is 30.0. The zero-order valence-electron chi connectivity index (χ0n) is 24.5. The molecule has 218 valence electrons. The number of aromatic nitrogens is 1. The largest absolute Gasteiger partial charge is 0.491 e. The first kappa shape index (κ1) is 29.4. The van der Waals surface area contributed by atoms with Crippen molar-refractivity contribution < 1.29 is 19.1 Å². The van der Waals surface area contributed by atoms with Crippen molar-refractivity contribution in [3.8, 4) is 5.75 Å². The molecule has 6 heteroatoms. The molecule has 4 aromatic carbocycles. The zero-order valence-corrected chi connectivity index (χ0v) is 24.5. The predicted octanol–water partition coefficient (Wildman–Crippen LogP) is 8.04. The van der Waals surface area contributed by atoms with Crippen molar-refractivity contribution in [1.82, 2.24) is 4.57 Å². The Morgan fingerprint density at radius 1 is 0.860 bits per heavy atom. The Hall–Kier alpha value is -5.10. The predicted molar refractivity (Wildman–Crippen MR) is 172 cm³/mol. The number of anilines is 1. The fourth-order valence-corrected chi connectivity index (χ4v) is 5.20. The summed E-state index contributed by atoms with van der Waals surface area (Å²) in [5.74, 6) is 0.0705.